The van der Waals surface area contributed by atoms with E-state index >= 15 is 0 Å². The van der Waals surface area contributed by atoms with Crippen LogP contribution in [0, 0.1) is 0 Å². The Labute approximate surface area is 140 Å². The van der Waals surface area contributed by atoms with Gasteiger partial charge in [0, 0.05) is 50.2 Å². The quantitative estimate of drug-likeness (QED) is 0.908. The van der Waals surface area contributed by atoms with Crippen molar-refractivity contribution >= 4 is 17.7 Å². The molecular formula is C17H20N4OS. The molecule has 0 saturated carbocycles. The molecule has 0 radical (unpaired) electrons. The number of hydrogen-bond acceptors (Lipinski definition) is 5. The summed E-state index contributed by atoms with van der Waals surface area (Å²) in [5, 5.41) is 3.36. The van der Waals surface area contributed by atoms with Gasteiger partial charge in [-0.25, -0.2) is 0 Å². The Hall–Kier alpha value is -1.92. The molecule has 0 aliphatic carbocycles. The smallest absolute Gasteiger partial charge is 0.233 e. The van der Waals surface area contributed by atoms with E-state index in [-0.39, 0.29) is 11.9 Å². The lowest BCUT2D eigenvalue weighted by molar-refractivity contribution is -0.131. The van der Waals surface area contributed by atoms with Crippen molar-refractivity contribution in [1.29, 1.82) is 0 Å². The van der Waals surface area contributed by atoms with Crippen molar-refractivity contribution in [3.8, 4) is 0 Å². The molecule has 6 heteroatoms. The van der Waals surface area contributed by atoms with Gasteiger partial charge in [-0.15, -0.1) is 11.8 Å². The molecule has 1 fully saturated rings. The van der Waals surface area contributed by atoms with Crippen LogP contribution in [0.25, 0.3) is 0 Å². The lowest BCUT2D eigenvalue weighted by Crippen LogP contribution is -2.49. The molecule has 1 amide bonds. The molecule has 1 aliphatic rings. The second kappa shape index (κ2) is 8.08. The van der Waals surface area contributed by atoms with E-state index in [1.54, 1.807) is 24.2 Å². The summed E-state index contributed by atoms with van der Waals surface area (Å²) in [6.45, 7) is 2.37. The standard InChI is InChI=1S/C17H20N4OS/c22-17(13-23-12-14-3-1-5-18-9-14)21-8-7-20-11-16(21)15-4-2-6-19-10-15/h1-6,9-10,16,20H,7-8,11-13H2. The number of pyridine rings is 2. The highest BCUT2D eigenvalue weighted by molar-refractivity contribution is 7.99. The monoisotopic (exact) mass is 328 g/mol. The van der Waals surface area contributed by atoms with Crippen LogP contribution < -0.4 is 5.32 Å². The van der Waals surface area contributed by atoms with Crippen molar-refractivity contribution in [3.63, 3.8) is 0 Å². The highest BCUT2D eigenvalue weighted by atomic mass is 32.2. The molecule has 2 aromatic rings. The van der Waals surface area contributed by atoms with Crippen molar-refractivity contribution < 1.29 is 4.79 Å². The normalized spacial score (nSPS) is 17.9. The van der Waals surface area contributed by atoms with Gasteiger partial charge in [0.15, 0.2) is 0 Å². The van der Waals surface area contributed by atoms with E-state index < -0.39 is 0 Å². The van der Waals surface area contributed by atoms with Gasteiger partial charge in [-0.2, -0.15) is 0 Å². The zero-order chi connectivity index (χ0) is 15.9. The summed E-state index contributed by atoms with van der Waals surface area (Å²) in [6.07, 6.45) is 7.22. The largest absolute Gasteiger partial charge is 0.332 e. The minimum atomic E-state index is 0.0731. The molecule has 120 valence electrons. The number of nitrogens with one attached hydrogen (secondary N) is 1. The summed E-state index contributed by atoms with van der Waals surface area (Å²) in [6, 6.07) is 7.99. The van der Waals surface area contributed by atoms with Crippen molar-refractivity contribution in [2.24, 2.45) is 0 Å². The number of amides is 1. The summed E-state index contributed by atoms with van der Waals surface area (Å²) in [7, 11) is 0. The van der Waals surface area contributed by atoms with Gasteiger partial charge in [-0.05, 0) is 23.3 Å². The molecule has 1 N–H and O–H groups in total. The maximum Gasteiger partial charge on any atom is 0.233 e. The van der Waals surface area contributed by atoms with Gasteiger partial charge in [0.2, 0.25) is 5.91 Å². The van der Waals surface area contributed by atoms with Crippen LogP contribution in [-0.4, -0.2) is 46.2 Å². The average Bonchev–Trinajstić information content (AvgIpc) is 2.63. The third kappa shape index (κ3) is 4.30. The first-order valence-corrected chi connectivity index (χ1v) is 8.87. The van der Waals surface area contributed by atoms with Crippen LogP contribution in [0.5, 0.6) is 0 Å². The molecule has 1 atom stereocenters. The predicted octanol–water partition coefficient (Wildman–Crippen LogP) is 1.88. The van der Waals surface area contributed by atoms with Gasteiger partial charge in [-0.1, -0.05) is 12.1 Å². The molecule has 23 heavy (non-hydrogen) atoms. The summed E-state index contributed by atoms with van der Waals surface area (Å²) < 4.78 is 0. The van der Waals surface area contributed by atoms with Gasteiger partial charge >= 0.3 is 0 Å². The van der Waals surface area contributed by atoms with Crippen LogP contribution in [0.15, 0.2) is 49.1 Å². The fraction of sp³-hybridized carbons (Fsp3) is 0.353. The second-order valence-corrected chi connectivity index (χ2v) is 6.43. The van der Waals surface area contributed by atoms with Crippen LogP contribution in [0.1, 0.15) is 17.2 Å². The molecule has 1 aliphatic heterocycles. The molecule has 3 rings (SSSR count). The molecule has 1 unspecified atom stereocenters. The van der Waals surface area contributed by atoms with Crippen LogP contribution in [0.3, 0.4) is 0 Å². The van der Waals surface area contributed by atoms with Crippen LogP contribution >= 0.6 is 11.8 Å². The van der Waals surface area contributed by atoms with Crippen molar-refractivity contribution in [3.05, 3.63) is 60.2 Å². The molecule has 2 aromatic heterocycles. The minimum Gasteiger partial charge on any atom is -0.332 e. The number of nitrogens with zero attached hydrogens (tertiary/aromatic N) is 3. The van der Waals surface area contributed by atoms with Gasteiger partial charge < -0.3 is 10.2 Å². The van der Waals surface area contributed by atoms with E-state index in [2.05, 4.69) is 15.3 Å². The highest BCUT2D eigenvalue weighted by Crippen LogP contribution is 2.23. The molecule has 5 nitrogen and oxygen atoms in total. The number of piperazine rings is 1. The molecule has 0 spiro atoms. The first kappa shape index (κ1) is 16.0. The maximum absolute atomic E-state index is 12.6. The van der Waals surface area contributed by atoms with Crippen molar-refractivity contribution in [2.75, 3.05) is 25.4 Å². The molecule has 1 saturated heterocycles. The summed E-state index contributed by atoms with van der Waals surface area (Å²) in [5.74, 6) is 1.49. The summed E-state index contributed by atoms with van der Waals surface area (Å²) in [4.78, 5) is 22.9. The van der Waals surface area contributed by atoms with E-state index in [1.165, 1.54) is 0 Å². The zero-order valence-corrected chi connectivity index (χ0v) is 13.7. The first-order chi connectivity index (χ1) is 11.3. The van der Waals surface area contributed by atoms with Gasteiger partial charge in [-0.3, -0.25) is 14.8 Å². The minimum absolute atomic E-state index is 0.0731. The number of rotatable bonds is 5. The Morgan fingerprint density at radius 1 is 1.26 bits per heavy atom. The van der Waals surface area contributed by atoms with Crippen LogP contribution in [0.2, 0.25) is 0 Å². The molecular weight excluding hydrogens is 308 g/mol. The third-order valence-corrected chi connectivity index (χ3v) is 4.84. The molecule has 0 bridgehead atoms. The van der Waals surface area contributed by atoms with Gasteiger partial charge in [0.25, 0.3) is 0 Å². The zero-order valence-electron chi connectivity index (χ0n) is 12.9. The fourth-order valence-electron chi connectivity index (χ4n) is 2.70. The number of carbonyl (C=O) groups excluding carboxylic acids is 1. The Morgan fingerprint density at radius 3 is 2.83 bits per heavy atom. The Bertz CT molecular complexity index is 623. The highest BCUT2D eigenvalue weighted by Gasteiger charge is 2.27. The van der Waals surface area contributed by atoms with E-state index in [0.717, 1.165) is 36.5 Å². The lowest BCUT2D eigenvalue weighted by atomic mass is 10.1. The molecule has 0 aromatic carbocycles. The van der Waals surface area contributed by atoms with E-state index in [0.29, 0.717) is 5.75 Å². The summed E-state index contributed by atoms with van der Waals surface area (Å²) in [5.41, 5.74) is 2.24. The fourth-order valence-corrected chi connectivity index (χ4v) is 3.55. The second-order valence-electron chi connectivity index (χ2n) is 5.45. The van der Waals surface area contributed by atoms with E-state index in [4.69, 9.17) is 0 Å². The van der Waals surface area contributed by atoms with Crippen LogP contribution in [-0.2, 0) is 10.5 Å². The SMILES string of the molecule is O=C(CSCc1cccnc1)N1CCNCC1c1cccnc1. The number of carbonyl (C=O) groups is 1. The molecule has 3 heterocycles. The predicted molar refractivity (Wildman–Crippen MR) is 92.0 cm³/mol. The number of hydrogen-bond donors (Lipinski definition) is 1. The summed E-state index contributed by atoms with van der Waals surface area (Å²) >= 11 is 1.64. The van der Waals surface area contributed by atoms with Gasteiger partial charge in [0.05, 0.1) is 11.8 Å². The van der Waals surface area contributed by atoms with Crippen molar-refractivity contribution in [2.45, 2.75) is 11.8 Å². The topological polar surface area (TPSA) is 58.1 Å². The Kier molecular flexibility index (Phi) is 5.60. The Morgan fingerprint density at radius 2 is 2.09 bits per heavy atom. The van der Waals surface area contributed by atoms with E-state index in [9.17, 15) is 4.79 Å². The number of aromatic nitrogens is 2. The Balaban J connectivity index is 1.58. The maximum atomic E-state index is 12.6. The number of thioether (sulfide) groups is 1. The van der Waals surface area contributed by atoms with Gasteiger partial charge in [0.1, 0.15) is 0 Å². The lowest BCUT2D eigenvalue weighted by Gasteiger charge is -2.36. The third-order valence-electron chi connectivity index (χ3n) is 3.85. The van der Waals surface area contributed by atoms with E-state index in [1.807, 2.05) is 41.6 Å². The average molecular weight is 328 g/mol. The van der Waals surface area contributed by atoms with Crippen molar-refractivity contribution in [1.82, 2.24) is 20.2 Å². The first-order valence-electron chi connectivity index (χ1n) is 7.71. The van der Waals surface area contributed by atoms with Crippen LogP contribution in [0.4, 0.5) is 0 Å².